The number of hydrogen-bond donors (Lipinski definition) is 1. The van der Waals surface area contributed by atoms with Crippen molar-refractivity contribution >= 4 is 16.5 Å². The van der Waals surface area contributed by atoms with E-state index in [1.807, 2.05) is 13.0 Å². The Hall–Kier alpha value is -1.41. The van der Waals surface area contributed by atoms with Gasteiger partial charge in [0.15, 0.2) is 0 Å². The standard InChI is InChI=1S/C15H19FN2OS/c1-2-20(19)12-6-3-5-11(9-12)18-15-8-4-7-14(16)13(15)10-17/h4,7-8,11-12,18H,2-3,5-6,9H2,1H3. The first kappa shape index (κ1) is 15.0. The van der Waals surface area contributed by atoms with Crippen LogP contribution in [0.3, 0.4) is 0 Å². The van der Waals surface area contributed by atoms with Gasteiger partial charge in [-0.2, -0.15) is 5.26 Å². The highest BCUT2D eigenvalue weighted by Gasteiger charge is 2.26. The van der Waals surface area contributed by atoms with Crippen molar-refractivity contribution < 1.29 is 8.60 Å². The summed E-state index contributed by atoms with van der Waals surface area (Å²) in [6, 6.07) is 6.68. The van der Waals surface area contributed by atoms with E-state index in [0.717, 1.165) is 25.7 Å². The monoisotopic (exact) mass is 294 g/mol. The summed E-state index contributed by atoms with van der Waals surface area (Å²) < 4.78 is 25.5. The maximum absolute atomic E-state index is 13.6. The number of nitrogens with zero attached hydrogens (tertiary/aromatic N) is 1. The SMILES string of the molecule is CCS(=O)C1CCCC(Nc2cccc(F)c2C#N)C1. The molecule has 3 nitrogen and oxygen atoms in total. The summed E-state index contributed by atoms with van der Waals surface area (Å²) in [6.45, 7) is 1.94. The Morgan fingerprint density at radius 3 is 3.00 bits per heavy atom. The molecule has 0 aliphatic heterocycles. The quantitative estimate of drug-likeness (QED) is 0.928. The minimum absolute atomic E-state index is 0.0613. The topological polar surface area (TPSA) is 52.9 Å². The second kappa shape index (κ2) is 6.85. The minimum atomic E-state index is -0.783. The first-order valence-electron chi connectivity index (χ1n) is 6.98. The Labute approximate surface area is 121 Å². The first-order valence-corrected chi connectivity index (χ1v) is 8.36. The van der Waals surface area contributed by atoms with Crippen LogP contribution >= 0.6 is 0 Å². The van der Waals surface area contributed by atoms with Crippen molar-refractivity contribution in [3.63, 3.8) is 0 Å². The molecule has 1 aliphatic rings. The van der Waals surface area contributed by atoms with Gasteiger partial charge in [-0.3, -0.25) is 4.21 Å². The van der Waals surface area contributed by atoms with Crippen LogP contribution in [0.5, 0.6) is 0 Å². The lowest BCUT2D eigenvalue weighted by Gasteiger charge is -2.30. The van der Waals surface area contributed by atoms with Crippen LogP contribution in [0.2, 0.25) is 0 Å². The van der Waals surface area contributed by atoms with Gasteiger partial charge in [-0.1, -0.05) is 19.4 Å². The molecule has 0 spiro atoms. The molecule has 0 radical (unpaired) electrons. The van der Waals surface area contributed by atoms with Crippen LogP contribution in [0.4, 0.5) is 10.1 Å². The van der Waals surface area contributed by atoms with Gasteiger partial charge in [0.25, 0.3) is 0 Å². The van der Waals surface area contributed by atoms with Gasteiger partial charge in [-0.05, 0) is 31.4 Å². The fourth-order valence-corrected chi connectivity index (χ4v) is 4.08. The Morgan fingerprint density at radius 2 is 2.30 bits per heavy atom. The molecule has 108 valence electrons. The molecule has 1 aliphatic carbocycles. The number of nitriles is 1. The van der Waals surface area contributed by atoms with Crippen molar-refractivity contribution in [1.29, 1.82) is 5.26 Å². The van der Waals surface area contributed by atoms with Gasteiger partial charge in [0, 0.05) is 27.8 Å². The third-order valence-electron chi connectivity index (χ3n) is 3.77. The van der Waals surface area contributed by atoms with Crippen molar-refractivity contribution in [1.82, 2.24) is 0 Å². The molecule has 0 bridgehead atoms. The van der Waals surface area contributed by atoms with Gasteiger partial charge < -0.3 is 5.32 Å². The zero-order valence-corrected chi connectivity index (χ0v) is 12.4. The normalized spacial score (nSPS) is 23.9. The Bertz CT molecular complexity index is 541. The van der Waals surface area contributed by atoms with E-state index < -0.39 is 16.6 Å². The van der Waals surface area contributed by atoms with Crippen molar-refractivity contribution in [2.24, 2.45) is 0 Å². The molecular weight excluding hydrogens is 275 g/mol. The second-order valence-electron chi connectivity index (χ2n) is 5.07. The Kier molecular flexibility index (Phi) is 5.13. The molecule has 1 saturated carbocycles. The number of anilines is 1. The average Bonchev–Trinajstić information content (AvgIpc) is 2.47. The average molecular weight is 294 g/mol. The van der Waals surface area contributed by atoms with Crippen LogP contribution < -0.4 is 5.32 Å². The van der Waals surface area contributed by atoms with E-state index in [1.165, 1.54) is 6.07 Å². The molecule has 0 aromatic heterocycles. The molecule has 3 unspecified atom stereocenters. The zero-order valence-electron chi connectivity index (χ0n) is 11.6. The number of hydrogen-bond acceptors (Lipinski definition) is 3. The molecule has 0 saturated heterocycles. The maximum Gasteiger partial charge on any atom is 0.143 e. The Morgan fingerprint density at radius 1 is 1.50 bits per heavy atom. The van der Waals surface area contributed by atoms with E-state index in [1.54, 1.807) is 12.1 Å². The fourth-order valence-electron chi connectivity index (χ4n) is 2.73. The van der Waals surface area contributed by atoms with Gasteiger partial charge >= 0.3 is 0 Å². The van der Waals surface area contributed by atoms with E-state index >= 15 is 0 Å². The molecule has 1 aromatic rings. The Balaban J connectivity index is 2.09. The molecule has 3 atom stereocenters. The van der Waals surface area contributed by atoms with Gasteiger partial charge in [-0.25, -0.2) is 4.39 Å². The highest BCUT2D eigenvalue weighted by Crippen LogP contribution is 2.27. The van der Waals surface area contributed by atoms with E-state index in [9.17, 15) is 8.60 Å². The van der Waals surface area contributed by atoms with Crippen molar-refractivity contribution in [3.8, 4) is 6.07 Å². The van der Waals surface area contributed by atoms with Crippen molar-refractivity contribution in [3.05, 3.63) is 29.6 Å². The minimum Gasteiger partial charge on any atom is -0.381 e. The molecule has 1 fully saturated rings. The lowest BCUT2D eigenvalue weighted by molar-refractivity contribution is 0.465. The summed E-state index contributed by atoms with van der Waals surface area (Å²) in [7, 11) is -0.783. The van der Waals surface area contributed by atoms with Crippen LogP contribution in [-0.4, -0.2) is 21.3 Å². The largest absolute Gasteiger partial charge is 0.381 e. The smallest absolute Gasteiger partial charge is 0.143 e. The van der Waals surface area contributed by atoms with Crippen LogP contribution in [-0.2, 0) is 10.8 Å². The molecule has 0 heterocycles. The van der Waals surface area contributed by atoms with Crippen LogP contribution in [0.15, 0.2) is 18.2 Å². The van der Waals surface area contributed by atoms with E-state index in [4.69, 9.17) is 5.26 Å². The van der Waals surface area contributed by atoms with E-state index in [2.05, 4.69) is 5.32 Å². The molecule has 0 amide bonds. The van der Waals surface area contributed by atoms with Crippen LogP contribution in [0.1, 0.15) is 38.2 Å². The highest BCUT2D eigenvalue weighted by molar-refractivity contribution is 7.85. The predicted molar refractivity (Wildman–Crippen MR) is 79.5 cm³/mol. The number of rotatable bonds is 4. The predicted octanol–water partition coefficient (Wildman–Crippen LogP) is 3.19. The second-order valence-corrected chi connectivity index (χ2v) is 7.08. The fraction of sp³-hybridized carbons (Fsp3) is 0.533. The molecule has 1 N–H and O–H groups in total. The number of nitrogens with one attached hydrogen (secondary N) is 1. The van der Waals surface area contributed by atoms with Crippen LogP contribution in [0.25, 0.3) is 0 Å². The van der Waals surface area contributed by atoms with Crippen LogP contribution in [0, 0.1) is 17.1 Å². The van der Waals surface area contributed by atoms with Gasteiger partial charge in [-0.15, -0.1) is 0 Å². The molecule has 5 heteroatoms. The number of halogens is 1. The molecule has 2 rings (SSSR count). The summed E-state index contributed by atoms with van der Waals surface area (Å²) in [4.78, 5) is 0. The van der Waals surface area contributed by atoms with Gasteiger partial charge in [0.1, 0.15) is 17.4 Å². The lowest BCUT2D eigenvalue weighted by Crippen LogP contribution is -2.33. The third kappa shape index (κ3) is 3.37. The maximum atomic E-state index is 13.6. The third-order valence-corrected chi connectivity index (χ3v) is 5.51. The lowest BCUT2D eigenvalue weighted by atomic mass is 9.94. The van der Waals surface area contributed by atoms with Crippen molar-refractivity contribution in [2.75, 3.05) is 11.1 Å². The summed E-state index contributed by atoms with van der Waals surface area (Å²) in [5, 5.41) is 12.5. The van der Waals surface area contributed by atoms with Gasteiger partial charge in [0.2, 0.25) is 0 Å². The van der Waals surface area contributed by atoms with E-state index in [0.29, 0.717) is 11.4 Å². The highest BCUT2D eigenvalue weighted by atomic mass is 32.2. The summed E-state index contributed by atoms with van der Waals surface area (Å²) in [5.41, 5.74) is 0.603. The number of benzene rings is 1. The summed E-state index contributed by atoms with van der Waals surface area (Å²) in [5.74, 6) is 0.183. The summed E-state index contributed by atoms with van der Waals surface area (Å²) in [6.07, 6.45) is 3.80. The van der Waals surface area contributed by atoms with Crippen molar-refractivity contribution in [2.45, 2.75) is 43.9 Å². The van der Waals surface area contributed by atoms with E-state index in [-0.39, 0.29) is 16.9 Å². The molecular formula is C15H19FN2OS. The zero-order chi connectivity index (χ0) is 14.5. The van der Waals surface area contributed by atoms with Gasteiger partial charge in [0.05, 0.1) is 5.69 Å². The molecule has 1 aromatic carbocycles. The summed E-state index contributed by atoms with van der Waals surface area (Å²) >= 11 is 0. The molecule has 20 heavy (non-hydrogen) atoms. The first-order chi connectivity index (χ1) is 9.65.